The van der Waals surface area contributed by atoms with E-state index in [0.717, 1.165) is 47.4 Å². The van der Waals surface area contributed by atoms with Crippen molar-refractivity contribution in [2.24, 2.45) is 5.92 Å². The summed E-state index contributed by atoms with van der Waals surface area (Å²) in [6.07, 6.45) is 3.50. The van der Waals surface area contributed by atoms with Gasteiger partial charge in [-0.1, -0.05) is 24.3 Å². The maximum Gasteiger partial charge on any atom is 0.240 e. The Labute approximate surface area is 181 Å². The topological polar surface area (TPSA) is 85.2 Å². The average molecular weight is 421 g/mol. The summed E-state index contributed by atoms with van der Waals surface area (Å²) in [6, 6.07) is 15.5. The molecule has 0 spiro atoms. The number of methoxy groups -OCH3 is 1. The first-order valence-electron chi connectivity index (χ1n) is 10.8. The van der Waals surface area contributed by atoms with Crippen LogP contribution in [0.5, 0.6) is 5.75 Å². The molecule has 1 fully saturated rings. The van der Waals surface area contributed by atoms with Crippen LogP contribution in [0.15, 0.2) is 48.5 Å². The largest absolute Gasteiger partial charge is 0.497 e. The van der Waals surface area contributed by atoms with Gasteiger partial charge in [0.2, 0.25) is 11.8 Å². The summed E-state index contributed by atoms with van der Waals surface area (Å²) in [6.45, 7) is 1.29. The zero-order valence-electron chi connectivity index (χ0n) is 17.8. The van der Waals surface area contributed by atoms with Crippen molar-refractivity contribution in [3.05, 3.63) is 59.9 Å². The number of para-hydroxylation sites is 2. The number of carbonyl (C=O) groups excluding carboxylic acids is 2. The molecule has 31 heavy (non-hydrogen) atoms. The fourth-order valence-electron chi connectivity index (χ4n) is 3.58. The molecule has 2 aromatic carbocycles. The Hall–Kier alpha value is -3.35. The molecule has 1 saturated carbocycles. The molecule has 0 atom stereocenters. The fraction of sp³-hybridized carbons (Fsp3) is 0.375. The fourth-order valence-corrected chi connectivity index (χ4v) is 3.58. The first-order chi connectivity index (χ1) is 15.1. The Morgan fingerprint density at radius 2 is 1.87 bits per heavy atom. The van der Waals surface area contributed by atoms with E-state index in [1.54, 1.807) is 7.11 Å². The minimum atomic E-state index is -0.0674. The number of aryl methyl sites for hydroxylation is 1. The molecule has 2 N–H and O–H groups in total. The van der Waals surface area contributed by atoms with Gasteiger partial charge in [0, 0.05) is 25.4 Å². The summed E-state index contributed by atoms with van der Waals surface area (Å²) in [4.78, 5) is 29.2. The maximum atomic E-state index is 12.7. The maximum absolute atomic E-state index is 12.7. The number of aromatic nitrogens is 2. The molecule has 1 aliphatic carbocycles. The van der Waals surface area contributed by atoms with Gasteiger partial charge >= 0.3 is 0 Å². The van der Waals surface area contributed by atoms with Gasteiger partial charge in [-0.2, -0.15) is 0 Å². The number of fused-ring (bicyclic) bond motifs is 1. The number of hydrogen-bond acceptors (Lipinski definition) is 4. The number of benzene rings is 2. The van der Waals surface area contributed by atoms with Gasteiger partial charge in [0.1, 0.15) is 18.1 Å². The quantitative estimate of drug-likeness (QED) is 0.494. The van der Waals surface area contributed by atoms with E-state index in [9.17, 15) is 9.59 Å². The molecule has 162 valence electrons. The zero-order valence-corrected chi connectivity index (χ0v) is 17.8. The number of nitrogens with one attached hydrogen (secondary N) is 2. The Morgan fingerprint density at radius 1 is 1.10 bits per heavy atom. The monoisotopic (exact) mass is 420 g/mol. The van der Waals surface area contributed by atoms with Crippen LogP contribution in [0.1, 0.15) is 30.7 Å². The van der Waals surface area contributed by atoms with Gasteiger partial charge < -0.3 is 19.9 Å². The standard InChI is InChI=1S/C24H28N4O3/c1-31-19-12-8-17(9-13-19)15-26-23(29)16-28-21-6-3-2-5-20(21)27-22(28)7-4-14-25-24(30)18-10-11-18/h2-3,5-6,8-9,12-13,18H,4,7,10-11,14-16H2,1H3,(H,25,30)(H,26,29). The lowest BCUT2D eigenvalue weighted by molar-refractivity contribution is -0.122. The minimum Gasteiger partial charge on any atom is -0.497 e. The summed E-state index contributed by atoms with van der Waals surface area (Å²) in [5, 5.41) is 5.97. The second kappa shape index (κ2) is 9.64. The van der Waals surface area contributed by atoms with Crippen molar-refractivity contribution in [1.82, 2.24) is 20.2 Å². The lowest BCUT2D eigenvalue weighted by Crippen LogP contribution is -2.28. The molecule has 0 aliphatic heterocycles. The first-order valence-corrected chi connectivity index (χ1v) is 10.8. The third kappa shape index (κ3) is 5.42. The van der Waals surface area contributed by atoms with Crippen LogP contribution in [0.2, 0.25) is 0 Å². The van der Waals surface area contributed by atoms with Crippen molar-refractivity contribution in [3.8, 4) is 5.75 Å². The Kier molecular flexibility index (Phi) is 6.50. The lowest BCUT2D eigenvalue weighted by Gasteiger charge is -2.11. The molecule has 1 aliphatic rings. The van der Waals surface area contributed by atoms with E-state index in [2.05, 4.69) is 10.6 Å². The SMILES string of the molecule is COc1ccc(CNC(=O)Cn2c(CCCNC(=O)C3CC3)nc3ccccc32)cc1. The highest BCUT2D eigenvalue weighted by Gasteiger charge is 2.29. The zero-order chi connectivity index (χ0) is 21.6. The summed E-state index contributed by atoms with van der Waals surface area (Å²) in [5.74, 6) is 1.96. The highest BCUT2D eigenvalue weighted by Crippen LogP contribution is 2.28. The van der Waals surface area contributed by atoms with Gasteiger partial charge in [0.25, 0.3) is 0 Å². The summed E-state index contributed by atoms with van der Waals surface area (Å²) in [7, 11) is 1.63. The number of ether oxygens (including phenoxy) is 1. The van der Waals surface area contributed by atoms with Crippen LogP contribution < -0.4 is 15.4 Å². The average Bonchev–Trinajstić information content (AvgIpc) is 3.59. The molecule has 1 heterocycles. The van der Waals surface area contributed by atoms with E-state index in [0.29, 0.717) is 19.5 Å². The van der Waals surface area contributed by atoms with Gasteiger partial charge in [-0.15, -0.1) is 0 Å². The Bertz CT molecular complexity index is 1050. The highest BCUT2D eigenvalue weighted by atomic mass is 16.5. The molecule has 7 nitrogen and oxygen atoms in total. The number of amides is 2. The van der Waals surface area contributed by atoms with E-state index < -0.39 is 0 Å². The third-order valence-corrected chi connectivity index (χ3v) is 5.51. The van der Waals surface area contributed by atoms with Gasteiger partial charge in [0.15, 0.2) is 0 Å². The minimum absolute atomic E-state index is 0.0674. The van der Waals surface area contributed by atoms with E-state index in [1.807, 2.05) is 53.1 Å². The molecule has 0 radical (unpaired) electrons. The summed E-state index contributed by atoms with van der Waals surface area (Å²) < 4.78 is 7.14. The lowest BCUT2D eigenvalue weighted by atomic mass is 10.2. The normalized spacial score (nSPS) is 13.2. The van der Waals surface area contributed by atoms with E-state index in [1.165, 1.54) is 0 Å². The van der Waals surface area contributed by atoms with Crippen molar-refractivity contribution in [2.45, 2.75) is 38.8 Å². The van der Waals surface area contributed by atoms with Crippen LogP contribution in [-0.2, 0) is 29.1 Å². The number of hydrogen-bond donors (Lipinski definition) is 2. The van der Waals surface area contributed by atoms with E-state index in [-0.39, 0.29) is 24.3 Å². The van der Waals surface area contributed by atoms with Crippen LogP contribution in [0.3, 0.4) is 0 Å². The molecule has 3 aromatic rings. The Balaban J connectivity index is 1.37. The van der Waals surface area contributed by atoms with Crippen LogP contribution in [0.4, 0.5) is 0 Å². The molecule has 7 heteroatoms. The Morgan fingerprint density at radius 3 is 2.61 bits per heavy atom. The number of imidazole rings is 1. The summed E-state index contributed by atoms with van der Waals surface area (Å²) >= 11 is 0. The van der Waals surface area contributed by atoms with Gasteiger partial charge in [-0.25, -0.2) is 4.98 Å². The molecule has 0 bridgehead atoms. The molecule has 1 aromatic heterocycles. The van der Waals surface area contributed by atoms with Crippen LogP contribution in [0.25, 0.3) is 11.0 Å². The molecular formula is C24H28N4O3. The summed E-state index contributed by atoms with van der Waals surface area (Å²) in [5.41, 5.74) is 2.83. The van der Waals surface area contributed by atoms with E-state index in [4.69, 9.17) is 9.72 Å². The van der Waals surface area contributed by atoms with Crippen molar-refractivity contribution in [2.75, 3.05) is 13.7 Å². The van der Waals surface area contributed by atoms with E-state index >= 15 is 0 Å². The van der Waals surface area contributed by atoms with Gasteiger partial charge in [0.05, 0.1) is 18.1 Å². The van der Waals surface area contributed by atoms with Crippen LogP contribution in [-0.4, -0.2) is 35.0 Å². The highest BCUT2D eigenvalue weighted by molar-refractivity contribution is 5.81. The predicted octanol–water partition coefficient (Wildman–Crippen LogP) is 2.82. The van der Waals surface area contributed by atoms with Crippen LogP contribution in [0, 0.1) is 5.92 Å². The predicted molar refractivity (Wildman–Crippen MR) is 119 cm³/mol. The van der Waals surface area contributed by atoms with Crippen LogP contribution >= 0.6 is 0 Å². The van der Waals surface area contributed by atoms with Gasteiger partial charge in [-0.05, 0) is 49.1 Å². The third-order valence-electron chi connectivity index (χ3n) is 5.51. The molecular weight excluding hydrogens is 392 g/mol. The second-order valence-corrected chi connectivity index (χ2v) is 7.90. The number of carbonyl (C=O) groups is 2. The smallest absolute Gasteiger partial charge is 0.240 e. The van der Waals surface area contributed by atoms with Crippen molar-refractivity contribution < 1.29 is 14.3 Å². The molecule has 4 rings (SSSR count). The molecule has 2 amide bonds. The van der Waals surface area contributed by atoms with Crippen molar-refractivity contribution in [3.63, 3.8) is 0 Å². The molecule has 0 unspecified atom stereocenters. The number of rotatable bonds is 10. The van der Waals surface area contributed by atoms with Gasteiger partial charge in [-0.3, -0.25) is 9.59 Å². The first kappa shape index (κ1) is 20.9. The number of nitrogens with zero attached hydrogens (tertiary/aromatic N) is 2. The van der Waals surface area contributed by atoms with Crippen molar-refractivity contribution in [1.29, 1.82) is 0 Å². The van der Waals surface area contributed by atoms with Crippen molar-refractivity contribution >= 4 is 22.8 Å². The second-order valence-electron chi connectivity index (χ2n) is 7.90. The molecule has 0 saturated heterocycles.